The van der Waals surface area contributed by atoms with Crippen LogP contribution in [0.1, 0.15) is 63.6 Å². The first-order valence-corrected chi connectivity index (χ1v) is 11.9. The van der Waals surface area contributed by atoms with Gasteiger partial charge in [0.1, 0.15) is 5.75 Å². The van der Waals surface area contributed by atoms with E-state index in [0.717, 1.165) is 49.0 Å². The van der Waals surface area contributed by atoms with Crippen molar-refractivity contribution < 1.29 is 14.6 Å². The number of carbonyl (C=O) groups is 1. The lowest BCUT2D eigenvalue weighted by Crippen LogP contribution is -2.25. The zero-order valence-corrected chi connectivity index (χ0v) is 19.6. The van der Waals surface area contributed by atoms with Crippen molar-refractivity contribution in [3.63, 3.8) is 0 Å². The molecule has 33 heavy (non-hydrogen) atoms. The third-order valence-electron chi connectivity index (χ3n) is 5.86. The van der Waals surface area contributed by atoms with Gasteiger partial charge < -0.3 is 9.84 Å². The molecular weight excluding hydrogens is 416 g/mol. The highest BCUT2D eigenvalue weighted by molar-refractivity contribution is 5.74. The summed E-state index contributed by atoms with van der Waals surface area (Å²) in [5, 5.41) is 8.99. The van der Waals surface area contributed by atoms with E-state index in [1.165, 1.54) is 19.3 Å². The summed E-state index contributed by atoms with van der Waals surface area (Å²) in [6, 6.07) is 14.9. The van der Waals surface area contributed by atoms with Crippen molar-refractivity contribution in [2.75, 3.05) is 0 Å². The average Bonchev–Trinajstić information content (AvgIpc) is 3.10. The summed E-state index contributed by atoms with van der Waals surface area (Å²) in [7, 11) is 0. The molecule has 0 saturated heterocycles. The molecule has 0 aliphatic rings. The van der Waals surface area contributed by atoms with Gasteiger partial charge in [0.15, 0.2) is 0 Å². The molecule has 1 N–H and O–H groups in total. The van der Waals surface area contributed by atoms with Crippen LogP contribution in [0.3, 0.4) is 0 Å². The van der Waals surface area contributed by atoms with E-state index in [0.29, 0.717) is 17.9 Å². The highest BCUT2D eigenvalue weighted by Gasteiger charge is 2.13. The minimum absolute atomic E-state index is 0.0539. The number of nitrogens with zero attached hydrogens (tertiary/aromatic N) is 2. The van der Waals surface area contributed by atoms with Crippen LogP contribution in [0, 0.1) is 0 Å². The Morgan fingerprint density at radius 3 is 2.36 bits per heavy atom. The summed E-state index contributed by atoms with van der Waals surface area (Å²) >= 11 is 0. The van der Waals surface area contributed by atoms with Gasteiger partial charge in [-0.15, -0.1) is 0 Å². The van der Waals surface area contributed by atoms with Crippen molar-refractivity contribution in [1.82, 2.24) is 9.13 Å². The number of hydrogen-bond acceptors (Lipinski definition) is 3. The van der Waals surface area contributed by atoms with E-state index in [-0.39, 0.29) is 5.69 Å². The van der Waals surface area contributed by atoms with Gasteiger partial charge in [-0.25, -0.2) is 9.59 Å². The lowest BCUT2D eigenvalue weighted by Gasteiger charge is -2.10. The van der Waals surface area contributed by atoms with Crippen LogP contribution >= 0.6 is 0 Å². The Kier molecular flexibility index (Phi) is 8.93. The first-order chi connectivity index (χ1) is 16.0. The molecule has 0 fully saturated rings. The lowest BCUT2D eigenvalue weighted by atomic mass is 10.0. The van der Waals surface area contributed by atoms with Crippen molar-refractivity contribution in [1.29, 1.82) is 0 Å². The first kappa shape index (κ1) is 24.4. The van der Waals surface area contributed by atoms with Crippen molar-refractivity contribution in [2.24, 2.45) is 0 Å². The number of carboxylic acid groups (broad SMARTS) is 1. The number of benzene rings is 2. The minimum Gasteiger partial charge on any atom is -0.449 e. The smallest absolute Gasteiger partial charge is 0.449 e. The molecule has 0 radical (unpaired) electrons. The van der Waals surface area contributed by atoms with Crippen LogP contribution in [0.4, 0.5) is 4.79 Å². The van der Waals surface area contributed by atoms with Crippen molar-refractivity contribution >= 4 is 6.16 Å². The van der Waals surface area contributed by atoms with Crippen molar-refractivity contribution in [3.05, 3.63) is 76.5 Å². The third kappa shape index (κ3) is 6.60. The summed E-state index contributed by atoms with van der Waals surface area (Å²) in [6.45, 7) is 5.61. The minimum atomic E-state index is -1.34. The Morgan fingerprint density at radius 2 is 1.67 bits per heavy atom. The van der Waals surface area contributed by atoms with E-state index in [2.05, 4.69) is 13.8 Å². The molecular formula is C27H34N2O4. The Balaban J connectivity index is 1.82. The Hall–Kier alpha value is -3.28. The highest BCUT2D eigenvalue weighted by atomic mass is 16.7. The van der Waals surface area contributed by atoms with Gasteiger partial charge >= 0.3 is 11.8 Å². The van der Waals surface area contributed by atoms with Crippen LogP contribution < -0.4 is 10.4 Å². The summed E-state index contributed by atoms with van der Waals surface area (Å²) < 4.78 is 8.67. The summed E-state index contributed by atoms with van der Waals surface area (Å²) in [6.07, 6.45) is 8.33. The fourth-order valence-electron chi connectivity index (χ4n) is 4.03. The molecule has 0 saturated carbocycles. The molecule has 0 amide bonds. The second-order valence-electron chi connectivity index (χ2n) is 8.41. The molecule has 176 valence electrons. The number of imidazole rings is 1. The number of ether oxygens (including phenoxy) is 1. The molecule has 2 aromatic carbocycles. The SMILES string of the molecule is CCCCCCc1cn(CCCC)c(=O)n1Cc1ccc(-c2ccccc2OC(=O)O)cc1. The van der Waals surface area contributed by atoms with E-state index < -0.39 is 6.16 Å². The van der Waals surface area contributed by atoms with Crippen LogP contribution in [0.2, 0.25) is 0 Å². The first-order valence-electron chi connectivity index (χ1n) is 11.9. The molecule has 1 aromatic heterocycles. The van der Waals surface area contributed by atoms with E-state index in [1.54, 1.807) is 12.1 Å². The summed E-state index contributed by atoms with van der Waals surface area (Å²) in [5.74, 6) is 0.302. The lowest BCUT2D eigenvalue weighted by molar-refractivity contribution is 0.144. The van der Waals surface area contributed by atoms with E-state index in [9.17, 15) is 9.59 Å². The maximum absolute atomic E-state index is 13.1. The fraction of sp³-hybridized carbons (Fsp3) is 0.407. The standard InChI is InChI=1S/C27H34N2O4/c1-3-5-7-8-11-23-20-28(18-6-4-2)26(30)29(23)19-21-14-16-22(17-15-21)24-12-9-10-13-25(24)33-27(31)32/h9-10,12-17,20H,3-8,11,18-19H2,1-2H3,(H,31,32). The van der Waals surface area contributed by atoms with Crippen molar-refractivity contribution in [3.8, 4) is 16.9 Å². The quantitative estimate of drug-likeness (QED) is 0.198. The van der Waals surface area contributed by atoms with Gasteiger partial charge in [0.25, 0.3) is 0 Å². The maximum Gasteiger partial charge on any atom is 0.511 e. The Labute approximate surface area is 195 Å². The van der Waals surface area contributed by atoms with Gasteiger partial charge in [0.2, 0.25) is 0 Å². The molecule has 0 spiro atoms. The normalized spacial score (nSPS) is 11.0. The van der Waals surface area contributed by atoms with Gasteiger partial charge in [-0.1, -0.05) is 82.0 Å². The molecule has 0 aliphatic carbocycles. The molecule has 0 unspecified atom stereocenters. The number of hydrogen-bond donors (Lipinski definition) is 1. The third-order valence-corrected chi connectivity index (χ3v) is 5.86. The summed E-state index contributed by atoms with van der Waals surface area (Å²) in [5.41, 5.74) is 3.75. The highest BCUT2D eigenvalue weighted by Crippen LogP contribution is 2.30. The second kappa shape index (κ2) is 12.1. The van der Waals surface area contributed by atoms with Crippen LogP contribution in [-0.4, -0.2) is 20.4 Å². The van der Waals surface area contributed by atoms with E-state index in [1.807, 2.05) is 51.7 Å². The molecule has 6 nitrogen and oxygen atoms in total. The maximum atomic E-state index is 13.1. The number of unbranched alkanes of at least 4 members (excludes halogenated alkanes) is 4. The van der Waals surface area contributed by atoms with Gasteiger partial charge in [-0.2, -0.15) is 0 Å². The second-order valence-corrected chi connectivity index (χ2v) is 8.41. The van der Waals surface area contributed by atoms with Gasteiger partial charge in [-0.05, 0) is 36.5 Å². The van der Waals surface area contributed by atoms with E-state index in [4.69, 9.17) is 9.84 Å². The predicted molar refractivity (Wildman–Crippen MR) is 131 cm³/mol. The molecule has 3 aromatic rings. The van der Waals surface area contributed by atoms with Gasteiger partial charge in [0.05, 0.1) is 6.54 Å². The molecule has 1 heterocycles. The largest absolute Gasteiger partial charge is 0.511 e. The van der Waals surface area contributed by atoms with E-state index >= 15 is 0 Å². The molecule has 0 bridgehead atoms. The van der Waals surface area contributed by atoms with Crippen LogP contribution in [0.25, 0.3) is 11.1 Å². The summed E-state index contributed by atoms with van der Waals surface area (Å²) in [4.78, 5) is 24.1. The molecule has 0 atom stereocenters. The van der Waals surface area contributed by atoms with Gasteiger partial charge in [0, 0.05) is 24.0 Å². The molecule has 3 rings (SSSR count). The number of rotatable bonds is 12. The number of para-hydroxylation sites is 1. The number of aryl methyl sites for hydroxylation is 2. The monoisotopic (exact) mass is 450 g/mol. The Bertz CT molecular complexity index is 1100. The van der Waals surface area contributed by atoms with Crippen LogP contribution in [0.5, 0.6) is 5.75 Å². The fourth-order valence-corrected chi connectivity index (χ4v) is 4.03. The van der Waals surface area contributed by atoms with Gasteiger partial charge in [-0.3, -0.25) is 9.13 Å². The molecule has 6 heteroatoms. The van der Waals surface area contributed by atoms with Crippen LogP contribution in [0.15, 0.2) is 59.5 Å². The Morgan fingerprint density at radius 1 is 0.939 bits per heavy atom. The zero-order chi connectivity index (χ0) is 23.6. The topological polar surface area (TPSA) is 73.5 Å². The zero-order valence-electron chi connectivity index (χ0n) is 19.6. The molecule has 0 aliphatic heterocycles. The van der Waals surface area contributed by atoms with Crippen LogP contribution in [-0.2, 0) is 19.5 Å². The predicted octanol–water partition coefficient (Wildman–Crippen LogP) is 6.34. The number of aromatic nitrogens is 2. The van der Waals surface area contributed by atoms with Crippen molar-refractivity contribution in [2.45, 2.75) is 71.9 Å². The average molecular weight is 451 g/mol.